The molecule has 1 aliphatic rings. The van der Waals surface area contributed by atoms with E-state index >= 15 is 0 Å². The third-order valence-corrected chi connectivity index (χ3v) is 4.09. The first-order valence-corrected chi connectivity index (χ1v) is 7.80. The molecule has 3 nitrogen and oxygen atoms in total. The molecule has 0 spiro atoms. The van der Waals surface area contributed by atoms with Gasteiger partial charge in [0.2, 0.25) is 5.91 Å². The van der Waals surface area contributed by atoms with E-state index in [-0.39, 0.29) is 18.6 Å². The summed E-state index contributed by atoms with van der Waals surface area (Å²) in [5, 5.41) is 0. The van der Waals surface area contributed by atoms with Gasteiger partial charge in [-0.05, 0) is 24.0 Å². The van der Waals surface area contributed by atoms with Crippen LogP contribution in [0.4, 0.5) is 0 Å². The Morgan fingerprint density at radius 3 is 2.45 bits per heavy atom. The lowest BCUT2D eigenvalue weighted by molar-refractivity contribution is -0.137. The van der Waals surface area contributed by atoms with Gasteiger partial charge in [-0.1, -0.05) is 60.7 Å². The number of amides is 1. The average Bonchev–Trinajstić information content (AvgIpc) is 3.06. The van der Waals surface area contributed by atoms with Gasteiger partial charge in [0, 0.05) is 6.54 Å². The van der Waals surface area contributed by atoms with Crippen molar-refractivity contribution < 1.29 is 9.53 Å². The van der Waals surface area contributed by atoms with Crippen LogP contribution >= 0.6 is 0 Å². The second-order valence-electron chi connectivity index (χ2n) is 5.63. The van der Waals surface area contributed by atoms with Crippen LogP contribution in [-0.4, -0.2) is 24.0 Å². The van der Waals surface area contributed by atoms with E-state index < -0.39 is 0 Å². The van der Waals surface area contributed by atoms with E-state index in [0.29, 0.717) is 6.61 Å². The summed E-state index contributed by atoms with van der Waals surface area (Å²) in [7, 11) is 0. The first kappa shape index (κ1) is 14.8. The average molecular weight is 295 g/mol. The summed E-state index contributed by atoms with van der Waals surface area (Å²) in [5.74, 6) is 0.0854. The minimum atomic E-state index is 0.0854. The molecule has 2 aromatic carbocycles. The lowest BCUT2D eigenvalue weighted by Gasteiger charge is -2.25. The minimum absolute atomic E-state index is 0.0854. The first-order valence-electron chi connectivity index (χ1n) is 7.80. The molecule has 1 amide bonds. The predicted octanol–water partition coefficient (Wildman–Crippen LogP) is 3.57. The minimum Gasteiger partial charge on any atom is -0.367 e. The van der Waals surface area contributed by atoms with Crippen LogP contribution in [0.15, 0.2) is 60.7 Å². The van der Waals surface area contributed by atoms with E-state index in [4.69, 9.17) is 4.74 Å². The Balaban J connectivity index is 1.55. The van der Waals surface area contributed by atoms with Crippen molar-refractivity contribution in [3.05, 3.63) is 71.8 Å². The molecule has 1 saturated heterocycles. The van der Waals surface area contributed by atoms with Crippen LogP contribution < -0.4 is 0 Å². The van der Waals surface area contributed by atoms with Crippen molar-refractivity contribution in [3.63, 3.8) is 0 Å². The topological polar surface area (TPSA) is 29.5 Å². The number of carbonyl (C=O) groups is 1. The van der Waals surface area contributed by atoms with Gasteiger partial charge in [-0.15, -0.1) is 0 Å². The Labute approximate surface area is 131 Å². The van der Waals surface area contributed by atoms with Crippen molar-refractivity contribution in [2.45, 2.75) is 25.5 Å². The van der Waals surface area contributed by atoms with Gasteiger partial charge < -0.3 is 9.64 Å². The quantitative estimate of drug-likeness (QED) is 0.844. The fraction of sp³-hybridized carbons (Fsp3) is 0.316. The molecule has 22 heavy (non-hydrogen) atoms. The maximum absolute atomic E-state index is 12.4. The van der Waals surface area contributed by atoms with E-state index in [1.165, 1.54) is 5.56 Å². The molecule has 1 atom stereocenters. The van der Waals surface area contributed by atoms with Gasteiger partial charge in [0.05, 0.1) is 12.6 Å². The van der Waals surface area contributed by atoms with Crippen molar-refractivity contribution >= 4 is 5.91 Å². The summed E-state index contributed by atoms with van der Waals surface area (Å²) >= 11 is 0. The van der Waals surface area contributed by atoms with Crippen molar-refractivity contribution in [2.75, 3.05) is 13.2 Å². The second-order valence-corrected chi connectivity index (χ2v) is 5.63. The van der Waals surface area contributed by atoms with Gasteiger partial charge in [-0.2, -0.15) is 0 Å². The summed E-state index contributed by atoms with van der Waals surface area (Å²) in [6.07, 6.45) is 2.10. The SMILES string of the molecule is O=C(COCc1ccccc1)N1CCCC1c1ccccc1. The van der Waals surface area contributed by atoms with Crippen molar-refractivity contribution in [1.82, 2.24) is 4.90 Å². The van der Waals surface area contributed by atoms with E-state index in [2.05, 4.69) is 12.1 Å². The van der Waals surface area contributed by atoms with Crippen LogP contribution in [0, 0.1) is 0 Å². The number of hydrogen-bond donors (Lipinski definition) is 0. The number of rotatable bonds is 5. The van der Waals surface area contributed by atoms with E-state index in [1.807, 2.05) is 53.4 Å². The Hall–Kier alpha value is -2.13. The van der Waals surface area contributed by atoms with E-state index in [9.17, 15) is 4.79 Å². The van der Waals surface area contributed by atoms with Crippen LogP contribution in [0.1, 0.15) is 30.0 Å². The predicted molar refractivity (Wildman–Crippen MR) is 86.2 cm³/mol. The summed E-state index contributed by atoms with van der Waals surface area (Å²) in [5.41, 5.74) is 2.31. The standard InChI is InChI=1S/C19H21NO2/c21-19(15-22-14-16-8-3-1-4-9-16)20-13-7-12-18(20)17-10-5-2-6-11-17/h1-6,8-11,18H,7,12-15H2. The van der Waals surface area contributed by atoms with Crippen molar-refractivity contribution in [1.29, 1.82) is 0 Å². The Bertz CT molecular complexity index is 597. The number of carbonyl (C=O) groups excluding carboxylic acids is 1. The molecule has 0 radical (unpaired) electrons. The lowest BCUT2D eigenvalue weighted by atomic mass is 10.0. The normalized spacial score (nSPS) is 17.6. The summed E-state index contributed by atoms with van der Waals surface area (Å²) < 4.78 is 5.59. The molecule has 1 fully saturated rings. The maximum Gasteiger partial charge on any atom is 0.249 e. The molecule has 0 N–H and O–H groups in total. The van der Waals surface area contributed by atoms with Gasteiger partial charge in [0.15, 0.2) is 0 Å². The highest BCUT2D eigenvalue weighted by atomic mass is 16.5. The third kappa shape index (κ3) is 3.55. The number of hydrogen-bond acceptors (Lipinski definition) is 2. The smallest absolute Gasteiger partial charge is 0.249 e. The van der Waals surface area contributed by atoms with Crippen LogP contribution in [0.2, 0.25) is 0 Å². The van der Waals surface area contributed by atoms with E-state index in [1.54, 1.807) is 0 Å². The third-order valence-electron chi connectivity index (χ3n) is 4.09. The maximum atomic E-state index is 12.4. The number of benzene rings is 2. The molecule has 3 heteroatoms. The fourth-order valence-corrected chi connectivity index (χ4v) is 3.00. The largest absolute Gasteiger partial charge is 0.367 e. The Morgan fingerprint density at radius 1 is 1.05 bits per heavy atom. The molecule has 0 saturated carbocycles. The van der Waals surface area contributed by atoms with Crippen LogP contribution in [0.3, 0.4) is 0 Å². The van der Waals surface area contributed by atoms with Gasteiger partial charge >= 0.3 is 0 Å². The molecular weight excluding hydrogens is 274 g/mol. The first-order chi connectivity index (χ1) is 10.8. The molecule has 0 aliphatic carbocycles. The fourth-order valence-electron chi connectivity index (χ4n) is 3.00. The van der Waals surface area contributed by atoms with Crippen molar-refractivity contribution in [2.24, 2.45) is 0 Å². The second kappa shape index (κ2) is 7.23. The highest BCUT2D eigenvalue weighted by Gasteiger charge is 2.29. The highest BCUT2D eigenvalue weighted by Crippen LogP contribution is 2.31. The van der Waals surface area contributed by atoms with Gasteiger partial charge in [0.1, 0.15) is 6.61 Å². The van der Waals surface area contributed by atoms with Gasteiger partial charge in [-0.3, -0.25) is 4.79 Å². The number of likely N-dealkylation sites (tertiary alicyclic amines) is 1. The number of ether oxygens (including phenoxy) is 1. The molecule has 2 aromatic rings. The molecule has 114 valence electrons. The molecular formula is C19H21NO2. The van der Waals surface area contributed by atoms with E-state index in [0.717, 1.165) is 24.9 Å². The summed E-state index contributed by atoms with van der Waals surface area (Å²) in [4.78, 5) is 14.4. The Morgan fingerprint density at radius 2 is 1.73 bits per heavy atom. The molecule has 1 unspecified atom stereocenters. The monoisotopic (exact) mass is 295 g/mol. The van der Waals surface area contributed by atoms with Crippen LogP contribution in [0.5, 0.6) is 0 Å². The number of nitrogens with zero attached hydrogens (tertiary/aromatic N) is 1. The van der Waals surface area contributed by atoms with Gasteiger partial charge in [0.25, 0.3) is 0 Å². The van der Waals surface area contributed by atoms with Crippen molar-refractivity contribution in [3.8, 4) is 0 Å². The summed E-state index contributed by atoms with van der Waals surface area (Å²) in [6.45, 7) is 1.46. The zero-order valence-corrected chi connectivity index (χ0v) is 12.7. The molecule has 0 bridgehead atoms. The van der Waals surface area contributed by atoms with Crippen LogP contribution in [-0.2, 0) is 16.1 Å². The van der Waals surface area contributed by atoms with Gasteiger partial charge in [-0.25, -0.2) is 0 Å². The zero-order valence-electron chi connectivity index (χ0n) is 12.7. The van der Waals surface area contributed by atoms with Crippen LogP contribution in [0.25, 0.3) is 0 Å². The lowest BCUT2D eigenvalue weighted by Crippen LogP contribution is -2.33. The molecule has 3 rings (SSSR count). The molecule has 1 heterocycles. The highest BCUT2D eigenvalue weighted by molar-refractivity contribution is 5.78. The molecule has 0 aromatic heterocycles. The summed E-state index contributed by atoms with van der Waals surface area (Å²) in [6, 6.07) is 20.4. The zero-order chi connectivity index (χ0) is 15.2. The molecule has 1 aliphatic heterocycles. The Kier molecular flexibility index (Phi) is 4.86.